The molecule has 84 valence electrons. The lowest BCUT2D eigenvalue weighted by molar-refractivity contribution is -0.0140. The van der Waals surface area contributed by atoms with Crippen LogP contribution in [0.1, 0.15) is 30.9 Å². The molecule has 0 aliphatic heterocycles. The molecular weight excluding hydrogens is 214 g/mol. The molecule has 0 fully saturated rings. The second-order valence-electron chi connectivity index (χ2n) is 3.63. The molecule has 0 aromatic heterocycles. The zero-order chi connectivity index (χ0) is 11.3. The fourth-order valence-corrected chi connectivity index (χ4v) is 1.80. The van der Waals surface area contributed by atoms with Crippen LogP contribution in [0.2, 0.25) is 0 Å². The van der Waals surface area contributed by atoms with Gasteiger partial charge in [0.15, 0.2) is 0 Å². The van der Waals surface area contributed by atoms with E-state index in [2.05, 4.69) is 12.6 Å². The number of benzene rings is 1. The smallest absolute Gasteiger partial charge is 0.201 e. The van der Waals surface area contributed by atoms with Crippen molar-refractivity contribution in [3.8, 4) is 0 Å². The minimum atomic E-state index is -2.69. The highest BCUT2D eigenvalue weighted by molar-refractivity contribution is 7.80. The molecule has 0 atom stereocenters. The molecule has 1 aromatic carbocycles. The molecule has 1 aromatic rings. The quantitative estimate of drug-likeness (QED) is 0.725. The number of alkyl halides is 2. The van der Waals surface area contributed by atoms with Crippen molar-refractivity contribution in [2.24, 2.45) is 0 Å². The number of hydrogen-bond donors (Lipinski definition) is 1. The van der Waals surface area contributed by atoms with Crippen LogP contribution in [0.3, 0.4) is 0 Å². The summed E-state index contributed by atoms with van der Waals surface area (Å²) in [6, 6.07) is 6.64. The highest BCUT2D eigenvalue weighted by Crippen LogP contribution is 2.33. The molecule has 0 saturated carbocycles. The van der Waals surface area contributed by atoms with Gasteiger partial charge in [-0.2, -0.15) is 12.6 Å². The Hall–Kier alpha value is -0.570. The molecule has 0 amide bonds. The largest absolute Gasteiger partial charge is 0.273 e. The molecule has 15 heavy (non-hydrogen) atoms. The summed E-state index contributed by atoms with van der Waals surface area (Å²) in [5, 5.41) is 0. The predicted molar refractivity (Wildman–Crippen MR) is 62.8 cm³/mol. The van der Waals surface area contributed by atoms with E-state index in [0.29, 0.717) is 12.2 Å². The number of hydrogen-bond acceptors (Lipinski definition) is 1. The van der Waals surface area contributed by atoms with E-state index in [-0.39, 0.29) is 12.0 Å². The second kappa shape index (κ2) is 5.50. The van der Waals surface area contributed by atoms with Gasteiger partial charge in [0.05, 0.1) is 0 Å². The van der Waals surface area contributed by atoms with E-state index in [1.807, 2.05) is 6.07 Å². The van der Waals surface area contributed by atoms with Gasteiger partial charge in [-0.05, 0) is 23.8 Å². The summed E-state index contributed by atoms with van der Waals surface area (Å²) in [6.07, 6.45) is 1.14. The van der Waals surface area contributed by atoms with Gasteiger partial charge < -0.3 is 0 Å². The van der Waals surface area contributed by atoms with Crippen LogP contribution in [0.15, 0.2) is 24.3 Å². The van der Waals surface area contributed by atoms with Gasteiger partial charge in [0.25, 0.3) is 5.92 Å². The second-order valence-corrected chi connectivity index (χ2v) is 4.08. The third-order valence-corrected chi connectivity index (χ3v) is 2.54. The first-order valence-corrected chi connectivity index (χ1v) is 5.81. The van der Waals surface area contributed by atoms with Gasteiger partial charge >= 0.3 is 0 Å². The van der Waals surface area contributed by atoms with Crippen LogP contribution in [-0.2, 0) is 12.3 Å². The summed E-state index contributed by atoms with van der Waals surface area (Å²) < 4.78 is 27.1. The Balaban J connectivity index is 2.88. The first kappa shape index (κ1) is 12.5. The molecule has 0 unspecified atom stereocenters. The molecule has 0 bridgehead atoms. The monoisotopic (exact) mass is 230 g/mol. The minimum Gasteiger partial charge on any atom is -0.201 e. The summed E-state index contributed by atoms with van der Waals surface area (Å²) in [6.45, 7) is 1.77. The van der Waals surface area contributed by atoms with Crippen molar-refractivity contribution in [1.29, 1.82) is 0 Å². The SMILES string of the molecule is CCCC(F)(F)c1cccc(CCS)c1. The molecule has 0 radical (unpaired) electrons. The fraction of sp³-hybridized carbons (Fsp3) is 0.500. The average molecular weight is 230 g/mol. The van der Waals surface area contributed by atoms with Crippen LogP contribution in [0.25, 0.3) is 0 Å². The Morgan fingerprint density at radius 1 is 1.33 bits per heavy atom. The van der Waals surface area contributed by atoms with E-state index in [1.165, 1.54) is 6.07 Å². The first-order valence-electron chi connectivity index (χ1n) is 5.18. The summed E-state index contributed by atoms with van der Waals surface area (Å²) in [5.41, 5.74) is 1.06. The summed E-state index contributed by atoms with van der Waals surface area (Å²) in [7, 11) is 0. The van der Waals surface area contributed by atoms with Crippen LogP contribution < -0.4 is 0 Å². The van der Waals surface area contributed by atoms with E-state index in [4.69, 9.17) is 0 Å². The molecule has 0 spiro atoms. The van der Waals surface area contributed by atoms with E-state index in [1.54, 1.807) is 19.1 Å². The van der Waals surface area contributed by atoms with E-state index >= 15 is 0 Å². The molecule has 0 aliphatic carbocycles. The van der Waals surface area contributed by atoms with Gasteiger partial charge in [-0.1, -0.05) is 31.5 Å². The van der Waals surface area contributed by atoms with Crippen molar-refractivity contribution in [2.75, 3.05) is 5.75 Å². The molecule has 3 heteroatoms. The summed E-state index contributed by atoms with van der Waals surface area (Å²) in [4.78, 5) is 0. The van der Waals surface area contributed by atoms with E-state index in [0.717, 1.165) is 12.0 Å². The summed E-state index contributed by atoms with van der Waals surface area (Å²) in [5.74, 6) is -2.01. The average Bonchev–Trinajstić information content (AvgIpc) is 2.19. The molecule has 0 nitrogen and oxygen atoms in total. The third kappa shape index (κ3) is 3.49. The van der Waals surface area contributed by atoms with Gasteiger partial charge in [0.2, 0.25) is 0 Å². The van der Waals surface area contributed by atoms with Crippen molar-refractivity contribution >= 4 is 12.6 Å². The Morgan fingerprint density at radius 3 is 2.67 bits per heavy atom. The van der Waals surface area contributed by atoms with Gasteiger partial charge in [-0.3, -0.25) is 0 Å². The maximum absolute atomic E-state index is 13.6. The van der Waals surface area contributed by atoms with Crippen molar-refractivity contribution < 1.29 is 8.78 Å². The van der Waals surface area contributed by atoms with Gasteiger partial charge in [0, 0.05) is 12.0 Å². The number of aryl methyl sites for hydroxylation is 1. The molecule has 0 aliphatic rings. The summed E-state index contributed by atoms with van der Waals surface area (Å²) >= 11 is 4.09. The zero-order valence-electron chi connectivity index (χ0n) is 8.84. The van der Waals surface area contributed by atoms with E-state index < -0.39 is 5.92 Å². The lowest BCUT2D eigenvalue weighted by Crippen LogP contribution is -2.13. The minimum absolute atomic E-state index is 0.0860. The Bertz CT molecular complexity index is 310. The molecule has 0 N–H and O–H groups in total. The van der Waals surface area contributed by atoms with Crippen molar-refractivity contribution in [3.05, 3.63) is 35.4 Å². The lowest BCUT2D eigenvalue weighted by atomic mass is 10.0. The number of thiol groups is 1. The normalized spacial score (nSPS) is 11.7. The highest BCUT2D eigenvalue weighted by Gasteiger charge is 2.29. The Morgan fingerprint density at radius 2 is 2.07 bits per heavy atom. The van der Waals surface area contributed by atoms with Gasteiger partial charge in [-0.15, -0.1) is 0 Å². The fourth-order valence-electron chi connectivity index (χ4n) is 1.54. The topological polar surface area (TPSA) is 0 Å². The first-order chi connectivity index (χ1) is 7.10. The number of rotatable bonds is 5. The highest BCUT2D eigenvalue weighted by atomic mass is 32.1. The zero-order valence-corrected chi connectivity index (χ0v) is 9.74. The predicted octanol–water partition coefficient (Wildman–Crippen LogP) is 4.05. The van der Waals surface area contributed by atoms with Crippen LogP contribution in [0, 0.1) is 0 Å². The third-order valence-electron chi connectivity index (χ3n) is 2.31. The molecule has 0 heterocycles. The number of halogens is 2. The van der Waals surface area contributed by atoms with Crippen molar-refractivity contribution in [1.82, 2.24) is 0 Å². The maximum atomic E-state index is 13.6. The van der Waals surface area contributed by atoms with Gasteiger partial charge in [0.1, 0.15) is 0 Å². The van der Waals surface area contributed by atoms with Crippen LogP contribution in [0.4, 0.5) is 8.78 Å². The van der Waals surface area contributed by atoms with Crippen LogP contribution >= 0.6 is 12.6 Å². The molecular formula is C12H16F2S. The Labute approximate surface area is 95.1 Å². The standard InChI is InChI=1S/C12H16F2S/c1-2-7-12(13,14)11-5-3-4-10(9-11)6-8-15/h3-5,9,15H,2,6-8H2,1H3. The Kier molecular flexibility index (Phi) is 4.58. The lowest BCUT2D eigenvalue weighted by Gasteiger charge is -2.16. The maximum Gasteiger partial charge on any atom is 0.273 e. The molecule has 1 rings (SSSR count). The van der Waals surface area contributed by atoms with Gasteiger partial charge in [-0.25, -0.2) is 8.78 Å². The van der Waals surface area contributed by atoms with Crippen LogP contribution in [-0.4, -0.2) is 5.75 Å². The molecule has 0 saturated heterocycles. The van der Waals surface area contributed by atoms with Crippen LogP contribution in [0.5, 0.6) is 0 Å². The van der Waals surface area contributed by atoms with Crippen molar-refractivity contribution in [2.45, 2.75) is 32.1 Å². The van der Waals surface area contributed by atoms with E-state index in [9.17, 15) is 8.78 Å². The van der Waals surface area contributed by atoms with Crippen molar-refractivity contribution in [3.63, 3.8) is 0 Å².